The average molecular weight is 499 g/mol. The van der Waals surface area contributed by atoms with Crippen LogP contribution in [-0.2, 0) is 0 Å². The molecule has 0 aliphatic rings. The first-order valence-electron chi connectivity index (χ1n) is 13.1. The highest BCUT2D eigenvalue weighted by Gasteiger charge is 2.18. The van der Waals surface area contributed by atoms with Crippen LogP contribution >= 0.6 is 0 Å². The van der Waals surface area contributed by atoms with E-state index in [1.165, 1.54) is 27.1 Å². The maximum atomic E-state index is 6.29. The molecule has 0 spiro atoms. The van der Waals surface area contributed by atoms with E-state index in [2.05, 4.69) is 97.1 Å². The molecule has 0 amide bonds. The Morgan fingerprint density at radius 2 is 1.13 bits per heavy atom. The molecule has 0 saturated heterocycles. The molecular formula is C36H22N2O. The molecule has 0 radical (unpaired) electrons. The van der Waals surface area contributed by atoms with Gasteiger partial charge in [-0.15, -0.1) is 0 Å². The van der Waals surface area contributed by atoms with Crippen molar-refractivity contribution in [3.63, 3.8) is 0 Å². The maximum Gasteiger partial charge on any atom is 0.180 e. The fourth-order valence-corrected chi connectivity index (χ4v) is 5.63. The first-order chi connectivity index (χ1) is 19.3. The molecule has 0 fully saturated rings. The number of para-hydroxylation sites is 1. The summed E-state index contributed by atoms with van der Waals surface area (Å²) in [7, 11) is 0. The lowest BCUT2D eigenvalue weighted by Crippen LogP contribution is -1.94. The maximum absolute atomic E-state index is 6.29. The fraction of sp³-hybridized carbons (Fsp3) is 0. The largest absolute Gasteiger partial charge is 0.452 e. The van der Waals surface area contributed by atoms with Crippen molar-refractivity contribution in [1.82, 2.24) is 9.97 Å². The Kier molecular flexibility index (Phi) is 4.82. The minimum Gasteiger partial charge on any atom is -0.452 e. The van der Waals surface area contributed by atoms with E-state index < -0.39 is 0 Å². The molecular weight excluding hydrogens is 476 g/mol. The molecule has 182 valence electrons. The van der Waals surface area contributed by atoms with E-state index in [4.69, 9.17) is 14.4 Å². The zero-order chi connectivity index (χ0) is 25.8. The van der Waals surface area contributed by atoms with Gasteiger partial charge in [-0.05, 0) is 56.9 Å². The van der Waals surface area contributed by atoms with E-state index in [9.17, 15) is 0 Å². The van der Waals surface area contributed by atoms with Gasteiger partial charge < -0.3 is 4.42 Å². The molecule has 0 bridgehead atoms. The van der Waals surface area contributed by atoms with Crippen LogP contribution in [-0.4, -0.2) is 9.97 Å². The molecule has 0 unspecified atom stereocenters. The van der Waals surface area contributed by atoms with Crippen molar-refractivity contribution >= 4 is 43.6 Å². The Labute approximate surface area is 225 Å². The molecule has 0 aliphatic heterocycles. The lowest BCUT2D eigenvalue weighted by molar-refractivity contribution is 0.667. The van der Waals surface area contributed by atoms with Gasteiger partial charge in [0.05, 0.1) is 0 Å². The van der Waals surface area contributed by atoms with Gasteiger partial charge in [0.2, 0.25) is 0 Å². The Balaban J connectivity index is 1.38. The van der Waals surface area contributed by atoms with Crippen molar-refractivity contribution in [2.75, 3.05) is 0 Å². The molecule has 3 heteroatoms. The number of benzene rings is 6. The third kappa shape index (κ3) is 3.52. The van der Waals surface area contributed by atoms with Gasteiger partial charge in [-0.25, -0.2) is 9.97 Å². The first kappa shape index (κ1) is 21.8. The van der Waals surface area contributed by atoms with Crippen molar-refractivity contribution in [2.24, 2.45) is 0 Å². The third-order valence-corrected chi connectivity index (χ3v) is 7.47. The van der Waals surface area contributed by atoms with Crippen molar-refractivity contribution < 1.29 is 4.42 Å². The predicted molar refractivity (Wildman–Crippen MR) is 161 cm³/mol. The number of hydrogen-bond donors (Lipinski definition) is 0. The lowest BCUT2D eigenvalue weighted by atomic mass is 9.92. The van der Waals surface area contributed by atoms with Crippen LogP contribution in [0.2, 0.25) is 0 Å². The Morgan fingerprint density at radius 3 is 2.00 bits per heavy atom. The summed E-state index contributed by atoms with van der Waals surface area (Å²) in [6.07, 6.45) is 0. The summed E-state index contributed by atoms with van der Waals surface area (Å²) in [4.78, 5) is 10.1. The highest BCUT2D eigenvalue weighted by atomic mass is 16.3. The topological polar surface area (TPSA) is 38.9 Å². The van der Waals surface area contributed by atoms with E-state index in [0.717, 1.165) is 38.9 Å². The van der Waals surface area contributed by atoms with Gasteiger partial charge in [0, 0.05) is 16.5 Å². The van der Waals surface area contributed by atoms with Gasteiger partial charge >= 0.3 is 0 Å². The van der Waals surface area contributed by atoms with Gasteiger partial charge in [0.25, 0.3) is 0 Å². The molecule has 2 aromatic heterocycles. The van der Waals surface area contributed by atoms with Crippen LogP contribution in [0.4, 0.5) is 0 Å². The SMILES string of the molecule is c1ccc(-c2nc(-c3cccc(-c4cc5ccccc5c5ccccc45)c3)nc3c2oc2ccccc23)cc1. The molecule has 6 aromatic carbocycles. The molecule has 3 nitrogen and oxygen atoms in total. The first-order valence-corrected chi connectivity index (χ1v) is 13.1. The zero-order valence-electron chi connectivity index (χ0n) is 21.0. The summed E-state index contributed by atoms with van der Waals surface area (Å²) in [5, 5.41) is 5.97. The summed E-state index contributed by atoms with van der Waals surface area (Å²) >= 11 is 0. The van der Waals surface area contributed by atoms with Crippen LogP contribution in [0.5, 0.6) is 0 Å². The molecule has 8 aromatic rings. The van der Waals surface area contributed by atoms with Crippen LogP contribution in [0.25, 0.3) is 77.4 Å². The van der Waals surface area contributed by atoms with Gasteiger partial charge in [-0.2, -0.15) is 0 Å². The molecule has 0 aliphatic carbocycles. The van der Waals surface area contributed by atoms with Gasteiger partial charge in [-0.3, -0.25) is 0 Å². The third-order valence-electron chi connectivity index (χ3n) is 7.47. The summed E-state index contributed by atoms with van der Waals surface area (Å²) in [5.41, 5.74) is 7.46. The monoisotopic (exact) mass is 498 g/mol. The summed E-state index contributed by atoms with van der Waals surface area (Å²) in [6.45, 7) is 0. The van der Waals surface area contributed by atoms with Crippen molar-refractivity contribution in [2.45, 2.75) is 0 Å². The van der Waals surface area contributed by atoms with E-state index >= 15 is 0 Å². The highest BCUT2D eigenvalue weighted by molar-refractivity contribution is 6.14. The Bertz CT molecular complexity index is 2180. The second-order valence-corrected chi connectivity index (χ2v) is 9.81. The fourth-order valence-electron chi connectivity index (χ4n) is 5.63. The molecule has 2 heterocycles. The quantitative estimate of drug-likeness (QED) is 0.228. The minimum absolute atomic E-state index is 0.680. The number of rotatable bonds is 3. The van der Waals surface area contributed by atoms with Gasteiger partial charge in [0.15, 0.2) is 11.4 Å². The number of nitrogens with zero attached hydrogens (tertiary/aromatic N) is 2. The minimum atomic E-state index is 0.680. The van der Waals surface area contributed by atoms with Crippen molar-refractivity contribution in [3.8, 4) is 33.8 Å². The summed E-state index contributed by atoms with van der Waals surface area (Å²) in [6, 6.07) is 46.3. The summed E-state index contributed by atoms with van der Waals surface area (Å²) < 4.78 is 6.29. The van der Waals surface area contributed by atoms with Crippen LogP contribution in [0.1, 0.15) is 0 Å². The number of hydrogen-bond acceptors (Lipinski definition) is 3. The number of fused-ring (bicyclic) bond motifs is 6. The van der Waals surface area contributed by atoms with E-state index in [1.807, 2.05) is 36.4 Å². The second kappa shape index (κ2) is 8.64. The zero-order valence-corrected chi connectivity index (χ0v) is 21.0. The van der Waals surface area contributed by atoms with E-state index in [-0.39, 0.29) is 0 Å². The summed E-state index contributed by atoms with van der Waals surface area (Å²) in [5.74, 6) is 0.680. The van der Waals surface area contributed by atoms with Gasteiger partial charge in [0.1, 0.15) is 16.8 Å². The molecule has 8 rings (SSSR count). The van der Waals surface area contributed by atoms with Crippen molar-refractivity contribution in [3.05, 3.63) is 133 Å². The van der Waals surface area contributed by atoms with Crippen LogP contribution in [0, 0.1) is 0 Å². The van der Waals surface area contributed by atoms with Crippen LogP contribution in [0.15, 0.2) is 138 Å². The average Bonchev–Trinajstić information content (AvgIpc) is 3.39. The highest BCUT2D eigenvalue weighted by Crippen LogP contribution is 2.38. The standard InChI is InChI=1S/C36H22N2O/c1-2-11-23(12-3-1)33-35-34(30-19-8-9-20-32(30)39-35)38-36(37-33)26-15-10-14-24(21-26)31-22-25-13-4-5-16-27(25)28-17-6-7-18-29(28)31/h1-22H. The predicted octanol–water partition coefficient (Wildman–Crippen LogP) is 9.68. The number of aromatic nitrogens is 2. The van der Waals surface area contributed by atoms with Crippen LogP contribution < -0.4 is 0 Å². The Morgan fingerprint density at radius 1 is 0.462 bits per heavy atom. The smallest absolute Gasteiger partial charge is 0.180 e. The van der Waals surface area contributed by atoms with Crippen molar-refractivity contribution in [1.29, 1.82) is 0 Å². The molecule has 39 heavy (non-hydrogen) atoms. The van der Waals surface area contributed by atoms with E-state index in [0.29, 0.717) is 11.4 Å². The molecule has 0 atom stereocenters. The molecule has 0 N–H and O–H groups in total. The Hall–Kier alpha value is -5.28. The normalized spacial score (nSPS) is 11.6. The van der Waals surface area contributed by atoms with E-state index in [1.54, 1.807) is 0 Å². The van der Waals surface area contributed by atoms with Crippen LogP contribution in [0.3, 0.4) is 0 Å². The second-order valence-electron chi connectivity index (χ2n) is 9.81. The van der Waals surface area contributed by atoms with Gasteiger partial charge in [-0.1, -0.05) is 109 Å². The number of furan rings is 1. The lowest BCUT2D eigenvalue weighted by Gasteiger charge is -2.12. The molecule has 0 saturated carbocycles.